The van der Waals surface area contributed by atoms with Gasteiger partial charge in [0.05, 0.1) is 11.7 Å². The van der Waals surface area contributed by atoms with Gasteiger partial charge in [-0.3, -0.25) is 0 Å². The number of aromatic nitrogens is 5. The molecule has 0 aliphatic carbocycles. The fraction of sp³-hybridized carbons (Fsp3) is 0.308. The summed E-state index contributed by atoms with van der Waals surface area (Å²) < 4.78 is 0. The second-order valence-corrected chi connectivity index (χ2v) is 8.99. The first-order valence-electron chi connectivity index (χ1n) is 11.8. The van der Waals surface area contributed by atoms with Crippen molar-refractivity contribution in [2.24, 2.45) is 0 Å². The second kappa shape index (κ2) is 8.53. The third-order valence-corrected chi connectivity index (χ3v) is 7.04. The number of nitrogens with one attached hydrogen (secondary N) is 2. The second-order valence-electron chi connectivity index (χ2n) is 8.99. The number of hydrogen-bond acceptors (Lipinski definition) is 7. The van der Waals surface area contributed by atoms with Gasteiger partial charge in [-0.05, 0) is 55.6 Å². The monoisotopic (exact) mass is 453 g/mol. The molecule has 1 aromatic carbocycles. The Bertz CT molecular complexity index is 1340. The molecule has 0 spiro atoms. The number of hydrogen-bond donors (Lipinski definition) is 3. The first kappa shape index (κ1) is 20.8. The van der Waals surface area contributed by atoms with Crippen LogP contribution in [0.5, 0.6) is 5.75 Å². The van der Waals surface area contributed by atoms with Crippen molar-refractivity contribution >= 4 is 17.0 Å². The van der Waals surface area contributed by atoms with Crippen molar-refractivity contribution in [3.8, 4) is 17.0 Å². The normalized spacial score (nSPS) is 18.7. The number of nitrogens with zero attached hydrogens (tertiary/aromatic N) is 5. The predicted molar refractivity (Wildman–Crippen MR) is 132 cm³/mol. The van der Waals surface area contributed by atoms with Crippen LogP contribution < -0.4 is 10.2 Å². The first-order valence-corrected chi connectivity index (χ1v) is 11.8. The Morgan fingerprint density at radius 1 is 1.09 bits per heavy atom. The zero-order valence-electron chi connectivity index (χ0n) is 18.9. The van der Waals surface area contributed by atoms with Crippen LogP contribution in [-0.4, -0.2) is 49.9 Å². The first-order chi connectivity index (χ1) is 16.7. The molecule has 3 aromatic heterocycles. The molecule has 2 aliphatic rings. The third-order valence-electron chi connectivity index (χ3n) is 7.04. The smallest absolute Gasteiger partial charge is 0.226 e. The number of H-pyrrole nitrogens is 1. The van der Waals surface area contributed by atoms with Gasteiger partial charge in [-0.1, -0.05) is 18.2 Å². The highest BCUT2D eigenvalue weighted by Gasteiger charge is 2.31. The molecule has 0 amide bonds. The van der Waals surface area contributed by atoms with Crippen molar-refractivity contribution in [3.05, 3.63) is 72.2 Å². The van der Waals surface area contributed by atoms with E-state index in [-0.39, 0.29) is 11.8 Å². The molecule has 8 nitrogen and oxygen atoms in total. The van der Waals surface area contributed by atoms with E-state index in [0.29, 0.717) is 23.1 Å². The van der Waals surface area contributed by atoms with Crippen molar-refractivity contribution in [1.29, 1.82) is 0 Å². The number of anilines is 1. The lowest BCUT2D eigenvalue weighted by atomic mass is 9.92. The van der Waals surface area contributed by atoms with Crippen LogP contribution in [0.15, 0.2) is 55.4 Å². The Hall–Kier alpha value is -3.78. The van der Waals surface area contributed by atoms with E-state index in [0.717, 1.165) is 61.2 Å². The number of aromatic amines is 1. The molecule has 0 unspecified atom stereocenters. The summed E-state index contributed by atoms with van der Waals surface area (Å²) in [5.41, 5.74) is 5.49. The van der Waals surface area contributed by atoms with E-state index in [1.165, 1.54) is 5.56 Å². The van der Waals surface area contributed by atoms with Gasteiger partial charge in [0.1, 0.15) is 5.75 Å². The average Bonchev–Trinajstić information content (AvgIpc) is 3.27. The molecular weight excluding hydrogens is 426 g/mol. The van der Waals surface area contributed by atoms with Crippen LogP contribution in [0, 0.1) is 0 Å². The Kier molecular flexibility index (Phi) is 5.22. The maximum atomic E-state index is 10.3. The summed E-state index contributed by atoms with van der Waals surface area (Å²) in [6, 6.07) is 9.08. The zero-order chi connectivity index (χ0) is 23.1. The lowest BCUT2D eigenvalue weighted by molar-refractivity contribution is 0.458. The van der Waals surface area contributed by atoms with E-state index in [2.05, 4.69) is 32.0 Å². The molecule has 6 rings (SSSR count). The topological polar surface area (TPSA) is 103 Å². The molecule has 4 aromatic rings. The SMILES string of the molecule is C=C[C@@H]1c2c([nH]c3nnc(-c4ccccc4O)cc23)CCN1c1ncc(C2CCNCC2)cn1. The van der Waals surface area contributed by atoms with Crippen LogP contribution in [-0.2, 0) is 6.42 Å². The molecule has 3 N–H and O–H groups in total. The molecule has 172 valence electrons. The van der Waals surface area contributed by atoms with E-state index in [1.807, 2.05) is 36.7 Å². The fourth-order valence-electron chi connectivity index (χ4n) is 5.26. The molecule has 8 heteroatoms. The van der Waals surface area contributed by atoms with Crippen molar-refractivity contribution in [2.75, 3.05) is 24.5 Å². The van der Waals surface area contributed by atoms with Gasteiger partial charge in [-0.25, -0.2) is 9.97 Å². The number of phenolic OH excluding ortho intramolecular Hbond substituents is 1. The van der Waals surface area contributed by atoms with Crippen LogP contribution in [0.3, 0.4) is 0 Å². The minimum atomic E-state index is -0.0938. The van der Waals surface area contributed by atoms with Crippen molar-refractivity contribution in [2.45, 2.75) is 31.2 Å². The van der Waals surface area contributed by atoms with Crippen LogP contribution in [0.4, 0.5) is 5.95 Å². The summed E-state index contributed by atoms with van der Waals surface area (Å²) in [6.07, 6.45) is 8.99. The molecule has 1 saturated heterocycles. The lowest BCUT2D eigenvalue weighted by Crippen LogP contribution is -2.35. The van der Waals surface area contributed by atoms with Crippen LogP contribution in [0.2, 0.25) is 0 Å². The summed E-state index contributed by atoms with van der Waals surface area (Å²) >= 11 is 0. The summed E-state index contributed by atoms with van der Waals surface area (Å²) in [5.74, 6) is 1.42. The summed E-state index contributed by atoms with van der Waals surface area (Å²) in [6.45, 7) is 7.01. The molecule has 1 atom stereocenters. The van der Waals surface area contributed by atoms with Gasteiger partial charge in [-0.15, -0.1) is 16.8 Å². The summed E-state index contributed by atoms with van der Waals surface area (Å²) in [7, 11) is 0. The van der Waals surface area contributed by atoms with Crippen molar-refractivity contribution in [1.82, 2.24) is 30.5 Å². The molecule has 34 heavy (non-hydrogen) atoms. The Morgan fingerprint density at radius 2 is 1.88 bits per heavy atom. The minimum absolute atomic E-state index is 0.0938. The maximum absolute atomic E-state index is 10.3. The fourth-order valence-corrected chi connectivity index (χ4v) is 5.26. The van der Waals surface area contributed by atoms with E-state index in [9.17, 15) is 5.11 Å². The number of para-hydroxylation sites is 1. The van der Waals surface area contributed by atoms with E-state index in [1.54, 1.807) is 12.1 Å². The standard InChI is InChI=1S/C26H27N7O/c1-2-22-24-19-13-21(18-5-3-4-6-23(18)34)31-32-25(19)30-20(24)9-12-33(22)26-28-14-17(15-29-26)16-7-10-27-11-8-16/h2-6,13-16,22,27,34H,1,7-12H2,(H,30,32)/t22-/m1/s1. The van der Waals surface area contributed by atoms with Gasteiger partial charge in [0.15, 0.2) is 5.65 Å². The van der Waals surface area contributed by atoms with E-state index >= 15 is 0 Å². The lowest BCUT2D eigenvalue weighted by Gasteiger charge is -2.34. The van der Waals surface area contributed by atoms with Crippen LogP contribution >= 0.6 is 0 Å². The number of benzene rings is 1. The number of piperidine rings is 1. The third kappa shape index (κ3) is 3.51. The minimum Gasteiger partial charge on any atom is -0.507 e. The van der Waals surface area contributed by atoms with E-state index < -0.39 is 0 Å². The molecule has 0 saturated carbocycles. The highest BCUT2D eigenvalue weighted by molar-refractivity contribution is 5.86. The van der Waals surface area contributed by atoms with Crippen molar-refractivity contribution in [3.63, 3.8) is 0 Å². The largest absolute Gasteiger partial charge is 0.507 e. The van der Waals surface area contributed by atoms with Gasteiger partial charge in [0, 0.05) is 47.6 Å². The number of phenols is 1. The summed E-state index contributed by atoms with van der Waals surface area (Å²) in [5, 5.41) is 23.5. The zero-order valence-corrected chi connectivity index (χ0v) is 18.9. The van der Waals surface area contributed by atoms with E-state index in [4.69, 9.17) is 9.97 Å². The van der Waals surface area contributed by atoms with Gasteiger partial charge >= 0.3 is 0 Å². The molecule has 5 heterocycles. The highest BCUT2D eigenvalue weighted by atomic mass is 16.3. The number of rotatable bonds is 4. The predicted octanol–water partition coefficient (Wildman–Crippen LogP) is 3.88. The molecule has 2 aliphatic heterocycles. The molecule has 0 radical (unpaired) electrons. The molecule has 0 bridgehead atoms. The number of aromatic hydroxyl groups is 1. The molecular formula is C26H27N7O. The van der Waals surface area contributed by atoms with Crippen molar-refractivity contribution < 1.29 is 5.11 Å². The molecule has 1 fully saturated rings. The quantitative estimate of drug-likeness (QED) is 0.403. The van der Waals surface area contributed by atoms with Gasteiger partial charge in [0.2, 0.25) is 5.95 Å². The van der Waals surface area contributed by atoms with Crippen LogP contribution in [0.25, 0.3) is 22.3 Å². The Labute approximate surface area is 197 Å². The Morgan fingerprint density at radius 3 is 2.65 bits per heavy atom. The van der Waals surface area contributed by atoms with Gasteiger partial charge in [0.25, 0.3) is 0 Å². The van der Waals surface area contributed by atoms with Gasteiger partial charge in [-0.2, -0.15) is 0 Å². The van der Waals surface area contributed by atoms with Crippen LogP contribution in [0.1, 0.15) is 41.6 Å². The average molecular weight is 454 g/mol. The highest BCUT2D eigenvalue weighted by Crippen LogP contribution is 2.39. The maximum Gasteiger partial charge on any atom is 0.226 e. The number of fused-ring (bicyclic) bond motifs is 3. The van der Waals surface area contributed by atoms with Gasteiger partial charge < -0.3 is 20.3 Å². The Balaban J connectivity index is 1.37. The summed E-state index contributed by atoms with van der Waals surface area (Å²) in [4.78, 5) is 15.2.